The standard InChI is InChI=1S/C17H14BrFN4/c1-11-9-16(21-15-4-2-3-13(19)10-15)23-17(20-11)22-14-7-5-12(18)6-8-14/h2-10H,1H3,(H2,20,21,22,23). The van der Waals surface area contributed by atoms with Crippen LogP contribution < -0.4 is 10.6 Å². The molecule has 3 rings (SSSR count). The number of hydrogen-bond donors (Lipinski definition) is 2. The van der Waals surface area contributed by atoms with Gasteiger partial charge in [0.2, 0.25) is 5.95 Å². The molecule has 1 aromatic heterocycles. The van der Waals surface area contributed by atoms with Crippen LogP contribution >= 0.6 is 15.9 Å². The van der Waals surface area contributed by atoms with Crippen LogP contribution in [0.15, 0.2) is 59.1 Å². The molecule has 3 aromatic rings. The summed E-state index contributed by atoms with van der Waals surface area (Å²) in [5.41, 5.74) is 2.33. The largest absolute Gasteiger partial charge is 0.340 e. The van der Waals surface area contributed by atoms with Crippen molar-refractivity contribution in [2.75, 3.05) is 10.6 Å². The van der Waals surface area contributed by atoms with Crippen LogP contribution in [-0.4, -0.2) is 9.97 Å². The zero-order valence-electron chi connectivity index (χ0n) is 12.3. The predicted molar refractivity (Wildman–Crippen MR) is 93.9 cm³/mol. The minimum Gasteiger partial charge on any atom is -0.340 e. The van der Waals surface area contributed by atoms with E-state index < -0.39 is 0 Å². The Labute approximate surface area is 141 Å². The van der Waals surface area contributed by atoms with Crippen LogP contribution in [0.1, 0.15) is 5.69 Å². The lowest BCUT2D eigenvalue weighted by molar-refractivity contribution is 0.628. The van der Waals surface area contributed by atoms with Crippen molar-refractivity contribution in [3.05, 3.63) is 70.6 Å². The van der Waals surface area contributed by atoms with Crippen LogP contribution in [0.2, 0.25) is 0 Å². The van der Waals surface area contributed by atoms with E-state index in [1.807, 2.05) is 31.2 Å². The summed E-state index contributed by atoms with van der Waals surface area (Å²) in [4.78, 5) is 8.77. The summed E-state index contributed by atoms with van der Waals surface area (Å²) in [6.45, 7) is 1.88. The monoisotopic (exact) mass is 372 g/mol. The van der Waals surface area contributed by atoms with Crippen molar-refractivity contribution in [1.29, 1.82) is 0 Å². The number of hydrogen-bond acceptors (Lipinski definition) is 4. The van der Waals surface area contributed by atoms with E-state index in [2.05, 4.69) is 36.5 Å². The first kappa shape index (κ1) is 15.4. The lowest BCUT2D eigenvalue weighted by Gasteiger charge is -2.10. The molecule has 6 heteroatoms. The van der Waals surface area contributed by atoms with Crippen LogP contribution in [0, 0.1) is 12.7 Å². The first-order valence-corrected chi connectivity index (χ1v) is 7.79. The molecule has 116 valence electrons. The van der Waals surface area contributed by atoms with Gasteiger partial charge < -0.3 is 10.6 Å². The Morgan fingerprint density at radius 1 is 0.913 bits per heavy atom. The summed E-state index contributed by atoms with van der Waals surface area (Å²) < 4.78 is 14.3. The van der Waals surface area contributed by atoms with Crippen molar-refractivity contribution >= 4 is 39.1 Å². The fourth-order valence-electron chi connectivity index (χ4n) is 2.06. The summed E-state index contributed by atoms with van der Waals surface area (Å²) in [5, 5.41) is 6.23. The molecule has 0 unspecified atom stereocenters. The first-order chi connectivity index (χ1) is 11.1. The number of nitrogens with zero attached hydrogens (tertiary/aromatic N) is 2. The number of nitrogens with one attached hydrogen (secondary N) is 2. The molecular formula is C17H14BrFN4. The molecule has 1 heterocycles. The van der Waals surface area contributed by atoms with Crippen LogP contribution in [0.5, 0.6) is 0 Å². The number of rotatable bonds is 4. The molecule has 2 aromatic carbocycles. The van der Waals surface area contributed by atoms with Gasteiger partial charge in [-0.2, -0.15) is 4.98 Å². The van der Waals surface area contributed by atoms with E-state index in [0.717, 1.165) is 15.9 Å². The van der Waals surface area contributed by atoms with Gasteiger partial charge in [0.25, 0.3) is 0 Å². The third kappa shape index (κ3) is 4.26. The number of aryl methyl sites for hydroxylation is 1. The normalized spacial score (nSPS) is 10.4. The van der Waals surface area contributed by atoms with Gasteiger partial charge >= 0.3 is 0 Å². The molecule has 0 amide bonds. The maximum atomic E-state index is 13.3. The van der Waals surface area contributed by atoms with Crippen LogP contribution in [0.4, 0.5) is 27.5 Å². The number of anilines is 4. The molecule has 0 spiro atoms. The lowest BCUT2D eigenvalue weighted by Crippen LogP contribution is -2.02. The minimum atomic E-state index is -0.297. The zero-order valence-corrected chi connectivity index (χ0v) is 13.9. The molecule has 0 aliphatic carbocycles. The number of benzene rings is 2. The molecular weight excluding hydrogens is 359 g/mol. The second kappa shape index (κ2) is 6.75. The van der Waals surface area contributed by atoms with Crippen molar-refractivity contribution in [1.82, 2.24) is 9.97 Å². The Hall–Kier alpha value is -2.47. The smallest absolute Gasteiger partial charge is 0.229 e. The highest BCUT2D eigenvalue weighted by Crippen LogP contribution is 2.20. The van der Waals surface area contributed by atoms with Crippen molar-refractivity contribution in [2.24, 2.45) is 0 Å². The molecule has 0 fully saturated rings. The van der Waals surface area contributed by atoms with E-state index in [-0.39, 0.29) is 5.82 Å². The Morgan fingerprint density at radius 2 is 1.70 bits per heavy atom. The zero-order chi connectivity index (χ0) is 16.2. The highest BCUT2D eigenvalue weighted by Gasteiger charge is 2.04. The summed E-state index contributed by atoms with van der Waals surface area (Å²) in [6.07, 6.45) is 0. The van der Waals surface area contributed by atoms with Crippen molar-refractivity contribution in [3.8, 4) is 0 Å². The van der Waals surface area contributed by atoms with E-state index in [0.29, 0.717) is 17.5 Å². The lowest BCUT2D eigenvalue weighted by atomic mass is 10.3. The third-order valence-electron chi connectivity index (χ3n) is 3.05. The second-order valence-corrected chi connectivity index (χ2v) is 5.90. The van der Waals surface area contributed by atoms with Gasteiger partial charge in [0, 0.05) is 27.6 Å². The molecule has 0 atom stereocenters. The van der Waals surface area contributed by atoms with Gasteiger partial charge in [-0.05, 0) is 49.4 Å². The molecule has 23 heavy (non-hydrogen) atoms. The SMILES string of the molecule is Cc1cc(Nc2cccc(F)c2)nc(Nc2ccc(Br)cc2)n1. The van der Waals surface area contributed by atoms with Crippen molar-refractivity contribution in [2.45, 2.75) is 6.92 Å². The van der Waals surface area contributed by atoms with E-state index in [1.165, 1.54) is 12.1 Å². The van der Waals surface area contributed by atoms with E-state index in [9.17, 15) is 4.39 Å². The van der Waals surface area contributed by atoms with E-state index in [1.54, 1.807) is 18.2 Å². The van der Waals surface area contributed by atoms with Crippen molar-refractivity contribution < 1.29 is 4.39 Å². The van der Waals surface area contributed by atoms with Gasteiger partial charge in [0.05, 0.1) is 0 Å². The third-order valence-corrected chi connectivity index (χ3v) is 3.58. The van der Waals surface area contributed by atoms with Crippen molar-refractivity contribution in [3.63, 3.8) is 0 Å². The first-order valence-electron chi connectivity index (χ1n) is 6.99. The van der Waals surface area contributed by atoms with Gasteiger partial charge in [-0.1, -0.05) is 22.0 Å². The molecule has 4 nitrogen and oxygen atoms in total. The Morgan fingerprint density at radius 3 is 2.43 bits per heavy atom. The van der Waals surface area contributed by atoms with Crippen LogP contribution in [0.3, 0.4) is 0 Å². The molecule has 0 saturated carbocycles. The average Bonchev–Trinajstić information content (AvgIpc) is 2.49. The highest BCUT2D eigenvalue weighted by atomic mass is 79.9. The fraction of sp³-hybridized carbons (Fsp3) is 0.0588. The minimum absolute atomic E-state index is 0.297. The van der Waals surface area contributed by atoms with Gasteiger partial charge in [-0.3, -0.25) is 0 Å². The summed E-state index contributed by atoms with van der Waals surface area (Å²) in [7, 11) is 0. The number of halogens is 2. The second-order valence-electron chi connectivity index (χ2n) is 4.99. The highest BCUT2D eigenvalue weighted by molar-refractivity contribution is 9.10. The fourth-order valence-corrected chi connectivity index (χ4v) is 2.33. The molecule has 2 N–H and O–H groups in total. The molecule has 0 bridgehead atoms. The van der Waals surface area contributed by atoms with Gasteiger partial charge in [0.1, 0.15) is 11.6 Å². The molecule has 0 aliphatic heterocycles. The predicted octanol–water partition coefficient (Wildman–Crippen LogP) is 5.17. The summed E-state index contributed by atoms with van der Waals surface area (Å²) >= 11 is 3.40. The molecule has 0 aliphatic rings. The molecule has 0 saturated heterocycles. The Balaban J connectivity index is 1.82. The summed E-state index contributed by atoms with van der Waals surface area (Å²) in [5.74, 6) is 0.780. The van der Waals surface area contributed by atoms with Crippen LogP contribution in [0.25, 0.3) is 0 Å². The Bertz CT molecular complexity index is 821. The van der Waals surface area contributed by atoms with E-state index in [4.69, 9.17) is 0 Å². The maximum Gasteiger partial charge on any atom is 0.229 e. The van der Waals surface area contributed by atoms with Gasteiger partial charge in [-0.25, -0.2) is 9.37 Å². The summed E-state index contributed by atoms with van der Waals surface area (Å²) in [6, 6.07) is 15.8. The number of aromatic nitrogens is 2. The van der Waals surface area contributed by atoms with Crippen LogP contribution in [-0.2, 0) is 0 Å². The quantitative estimate of drug-likeness (QED) is 0.662. The topological polar surface area (TPSA) is 49.8 Å². The Kier molecular flexibility index (Phi) is 4.52. The molecule has 0 radical (unpaired) electrons. The maximum absolute atomic E-state index is 13.3. The van der Waals surface area contributed by atoms with Gasteiger partial charge in [0.15, 0.2) is 0 Å². The van der Waals surface area contributed by atoms with Gasteiger partial charge in [-0.15, -0.1) is 0 Å². The average molecular weight is 373 g/mol. The van der Waals surface area contributed by atoms with E-state index >= 15 is 0 Å².